The number of nitrogens with one attached hydrogen (secondary N) is 2. The van der Waals surface area contributed by atoms with Crippen molar-refractivity contribution in [2.75, 3.05) is 16.8 Å². The van der Waals surface area contributed by atoms with Crippen LogP contribution in [0, 0.1) is 5.41 Å². The number of nitrogen functional groups attached to an aromatic ring is 2. The zero-order valence-corrected chi connectivity index (χ0v) is 13.5. The number of hydrogen-bond acceptors (Lipinski definition) is 6. The van der Waals surface area contributed by atoms with Crippen LogP contribution in [0.1, 0.15) is 16.7 Å². The normalized spacial score (nSPS) is 10.7. The minimum atomic E-state index is 0.192. The van der Waals surface area contributed by atoms with Crippen molar-refractivity contribution < 1.29 is 0 Å². The molecule has 0 fully saturated rings. The fourth-order valence-electron chi connectivity index (χ4n) is 2.37. The van der Waals surface area contributed by atoms with E-state index in [1.54, 1.807) is 18.3 Å². The molecule has 0 aliphatic heterocycles. The van der Waals surface area contributed by atoms with Crippen molar-refractivity contribution in [3.05, 3.63) is 71.4 Å². The molecule has 0 atom stereocenters. The predicted octanol–water partition coefficient (Wildman–Crippen LogP) is 3.55. The molecule has 6 nitrogen and oxygen atoms in total. The minimum absolute atomic E-state index is 0.192. The predicted molar refractivity (Wildman–Crippen MR) is 104 cm³/mol. The Morgan fingerprint density at radius 2 is 1.72 bits per heavy atom. The molecule has 0 unspecified atom stereocenters. The largest absolute Gasteiger partial charge is 0.398 e. The highest BCUT2D eigenvalue weighted by molar-refractivity contribution is 5.92. The van der Waals surface area contributed by atoms with E-state index in [9.17, 15) is 0 Å². The van der Waals surface area contributed by atoms with Gasteiger partial charge in [-0.3, -0.25) is 0 Å². The average Bonchev–Trinajstić information content (AvgIpc) is 2.63. The molecule has 1 heterocycles. The summed E-state index contributed by atoms with van der Waals surface area (Å²) in [4.78, 5) is 7.99. The molecule has 0 aliphatic rings. The van der Waals surface area contributed by atoms with Gasteiger partial charge in [-0.05, 0) is 23.8 Å². The summed E-state index contributed by atoms with van der Waals surface area (Å²) in [5.41, 5.74) is 15.6. The number of anilines is 4. The Hall–Kier alpha value is -3.67. The van der Waals surface area contributed by atoms with Crippen LogP contribution in [0.25, 0.3) is 12.2 Å². The molecular weight excluding hydrogens is 312 g/mol. The van der Waals surface area contributed by atoms with Crippen molar-refractivity contribution in [1.29, 1.82) is 5.41 Å². The van der Waals surface area contributed by atoms with Crippen LogP contribution in [-0.4, -0.2) is 16.2 Å². The molecule has 0 bridgehead atoms. The number of benzene rings is 2. The maximum atomic E-state index is 7.59. The van der Waals surface area contributed by atoms with Gasteiger partial charge < -0.3 is 22.2 Å². The van der Waals surface area contributed by atoms with Gasteiger partial charge in [0, 0.05) is 34.9 Å². The molecule has 1 aromatic heterocycles. The number of hydrogen-bond donors (Lipinski definition) is 4. The van der Waals surface area contributed by atoms with Gasteiger partial charge in [-0.2, -0.15) is 4.98 Å². The van der Waals surface area contributed by atoms with Crippen LogP contribution in [0.2, 0.25) is 0 Å². The van der Waals surface area contributed by atoms with E-state index in [0.29, 0.717) is 17.1 Å². The maximum absolute atomic E-state index is 7.59. The van der Waals surface area contributed by atoms with Crippen LogP contribution in [0.4, 0.5) is 23.1 Å². The standard InChI is InChI=1S/C19H18N6/c20-12-15-11-16(24-17-8-9-23-19(22)25-17)10-14(18(15)21)7-6-13-4-2-1-3-5-13/h1-12,20H,21H2,(H3,22,23,24,25)/b7-6+,20-12?. The van der Waals surface area contributed by atoms with E-state index in [1.807, 2.05) is 48.6 Å². The first kappa shape index (κ1) is 16.2. The lowest BCUT2D eigenvalue weighted by Crippen LogP contribution is -2.02. The van der Waals surface area contributed by atoms with E-state index in [0.717, 1.165) is 16.8 Å². The first-order valence-corrected chi connectivity index (χ1v) is 7.68. The molecule has 0 saturated carbocycles. The average molecular weight is 330 g/mol. The number of nitrogens with two attached hydrogens (primary N) is 2. The summed E-state index contributed by atoms with van der Waals surface area (Å²) in [6.45, 7) is 0. The van der Waals surface area contributed by atoms with Crippen molar-refractivity contribution in [1.82, 2.24) is 9.97 Å². The molecule has 0 saturated heterocycles. The van der Waals surface area contributed by atoms with Gasteiger partial charge >= 0.3 is 0 Å². The van der Waals surface area contributed by atoms with Crippen LogP contribution >= 0.6 is 0 Å². The molecule has 6 N–H and O–H groups in total. The van der Waals surface area contributed by atoms with Gasteiger partial charge in [-0.25, -0.2) is 4.98 Å². The fraction of sp³-hybridized carbons (Fsp3) is 0. The Morgan fingerprint density at radius 1 is 0.960 bits per heavy atom. The lowest BCUT2D eigenvalue weighted by Gasteiger charge is -2.11. The van der Waals surface area contributed by atoms with Gasteiger partial charge in [-0.1, -0.05) is 42.5 Å². The second-order valence-corrected chi connectivity index (χ2v) is 5.38. The first-order chi connectivity index (χ1) is 12.2. The van der Waals surface area contributed by atoms with Crippen LogP contribution in [0.5, 0.6) is 0 Å². The van der Waals surface area contributed by atoms with E-state index >= 15 is 0 Å². The second-order valence-electron chi connectivity index (χ2n) is 5.38. The lowest BCUT2D eigenvalue weighted by molar-refractivity contribution is 1.18. The Morgan fingerprint density at radius 3 is 2.44 bits per heavy atom. The molecule has 2 aromatic carbocycles. The number of rotatable bonds is 5. The SMILES string of the molecule is N=Cc1cc(Nc2ccnc(N)n2)cc(/C=C/c2ccccc2)c1N. The molecule has 0 radical (unpaired) electrons. The Kier molecular flexibility index (Phi) is 4.71. The fourth-order valence-corrected chi connectivity index (χ4v) is 2.37. The first-order valence-electron chi connectivity index (χ1n) is 7.68. The smallest absolute Gasteiger partial charge is 0.221 e. The van der Waals surface area contributed by atoms with Crippen LogP contribution in [0.3, 0.4) is 0 Å². The molecule has 124 valence electrons. The molecule has 0 spiro atoms. The van der Waals surface area contributed by atoms with Crippen LogP contribution in [-0.2, 0) is 0 Å². The summed E-state index contributed by atoms with van der Waals surface area (Å²) >= 11 is 0. The molecule has 0 amide bonds. The van der Waals surface area contributed by atoms with Crippen molar-refractivity contribution in [3.8, 4) is 0 Å². The Balaban J connectivity index is 1.95. The van der Waals surface area contributed by atoms with Gasteiger partial charge in [0.15, 0.2) is 0 Å². The third-order valence-electron chi connectivity index (χ3n) is 3.60. The molecule has 3 aromatic rings. The third-order valence-corrected chi connectivity index (χ3v) is 3.60. The monoisotopic (exact) mass is 330 g/mol. The summed E-state index contributed by atoms with van der Waals surface area (Å²) in [7, 11) is 0. The molecule has 25 heavy (non-hydrogen) atoms. The van der Waals surface area contributed by atoms with Crippen molar-refractivity contribution in [2.24, 2.45) is 0 Å². The second kappa shape index (κ2) is 7.27. The molecule has 3 rings (SSSR count). The van der Waals surface area contributed by atoms with E-state index < -0.39 is 0 Å². The van der Waals surface area contributed by atoms with Gasteiger partial charge in [0.05, 0.1) is 0 Å². The summed E-state index contributed by atoms with van der Waals surface area (Å²) in [6.07, 6.45) is 6.72. The summed E-state index contributed by atoms with van der Waals surface area (Å²) in [5, 5.41) is 10.7. The van der Waals surface area contributed by atoms with Crippen molar-refractivity contribution in [2.45, 2.75) is 0 Å². The zero-order chi connectivity index (χ0) is 17.6. The number of aromatic nitrogens is 2. The summed E-state index contributed by atoms with van der Waals surface area (Å²) in [6, 6.07) is 15.4. The van der Waals surface area contributed by atoms with Gasteiger partial charge in [0.25, 0.3) is 0 Å². The highest BCUT2D eigenvalue weighted by atomic mass is 15.1. The molecule has 6 heteroatoms. The Labute approximate surface area is 145 Å². The van der Waals surface area contributed by atoms with Gasteiger partial charge in [0.1, 0.15) is 5.82 Å². The van der Waals surface area contributed by atoms with Crippen molar-refractivity contribution >= 4 is 41.5 Å². The summed E-state index contributed by atoms with van der Waals surface area (Å²) < 4.78 is 0. The highest BCUT2D eigenvalue weighted by Gasteiger charge is 2.06. The number of nitrogens with zero attached hydrogens (tertiary/aromatic N) is 2. The van der Waals surface area contributed by atoms with Crippen LogP contribution in [0.15, 0.2) is 54.7 Å². The maximum Gasteiger partial charge on any atom is 0.221 e. The highest BCUT2D eigenvalue weighted by Crippen LogP contribution is 2.26. The Bertz CT molecular complexity index is 918. The van der Waals surface area contributed by atoms with Crippen LogP contribution < -0.4 is 16.8 Å². The third kappa shape index (κ3) is 4.00. The van der Waals surface area contributed by atoms with E-state index in [1.165, 1.54) is 6.21 Å². The van der Waals surface area contributed by atoms with E-state index in [-0.39, 0.29) is 5.95 Å². The lowest BCUT2D eigenvalue weighted by atomic mass is 10.0. The van der Waals surface area contributed by atoms with Gasteiger partial charge in [0.2, 0.25) is 5.95 Å². The molecular formula is C19H18N6. The van der Waals surface area contributed by atoms with Crippen molar-refractivity contribution in [3.63, 3.8) is 0 Å². The zero-order valence-electron chi connectivity index (χ0n) is 13.5. The van der Waals surface area contributed by atoms with Gasteiger partial charge in [-0.15, -0.1) is 0 Å². The minimum Gasteiger partial charge on any atom is -0.398 e. The topological polar surface area (TPSA) is 114 Å². The molecule has 0 aliphatic carbocycles. The van der Waals surface area contributed by atoms with E-state index in [4.69, 9.17) is 16.9 Å². The quantitative estimate of drug-likeness (QED) is 0.324. The summed E-state index contributed by atoms with van der Waals surface area (Å²) in [5.74, 6) is 0.767. The van der Waals surface area contributed by atoms with E-state index in [2.05, 4.69) is 15.3 Å².